The van der Waals surface area contributed by atoms with Crippen LogP contribution in [-0.4, -0.2) is 42.7 Å². The van der Waals surface area contributed by atoms with Crippen molar-refractivity contribution in [2.75, 3.05) is 20.2 Å². The SMILES string of the molecule is CCN(C)S(=O)(=O)c1c(C)nn(CCOc2ccccc2)c1C. The zero-order chi connectivity index (χ0) is 17.0. The monoisotopic (exact) mass is 337 g/mol. The molecule has 0 spiro atoms. The van der Waals surface area contributed by atoms with Gasteiger partial charge in [0.1, 0.15) is 17.3 Å². The average Bonchev–Trinajstić information content (AvgIpc) is 2.82. The Balaban J connectivity index is 2.15. The zero-order valence-corrected chi connectivity index (χ0v) is 14.8. The smallest absolute Gasteiger partial charge is 0.246 e. The molecule has 0 saturated carbocycles. The quantitative estimate of drug-likeness (QED) is 0.777. The van der Waals surface area contributed by atoms with Gasteiger partial charge < -0.3 is 4.74 Å². The fourth-order valence-corrected chi connectivity index (χ4v) is 3.91. The second-order valence-corrected chi connectivity index (χ2v) is 7.29. The summed E-state index contributed by atoms with van der Waals surface area (Å²) in [4.78, 5) is 0.293. The lowest BCUT2D eigenvalue weighted by Gasteiger charge is -2.15. The molecule has 0 N–H and O–H groups in total. The third-order valence-corrected chi connectivity index (χ3v) is 5.93. The van der Waals surface area contributed by atoms with Crippen molar-refractivity contribution in [1.82, 2.24) is 14.1 Å². The number of rotatable bonds is 7. The second kappa shape index (κ2) is 7.14. The summed E-state index contributed by atoms with van der Waals surface area (Å²) in [6, 6.07) is 9.50. The lowest BCUT2D eigenvalue weighted by Crippen LogP contribution is -2.27. The molecule has 0 aliphatic heterocycles. The molecular weight excluding hydrogens is 314 g/mol. The second-order valence-electron chi connectivity index (χ2n) is 5.30. The molecule has 1 aromatic carbocycles. The fourth-order valence-electron chi connectivity index (χ4n) is 2.36. The number of hydrogen-bond donors (Lipinski definition) is 0. The first-order valence-electron chi connectivity index (χ1n) is 7.56. The number of para-hydroxylation sites is 1. The van der Waals surface area contributed by atoms with Crippen LogP contribution in [0.2, 0.25) is 0 Å². The number of sulfonamides is 1. The molecular formula is C16H23N3O3S. The number of nitrogens with zero attached hydrogens (tertiary/aromatic N) is 3. The maximum absolute atomic E-state index is 12.6. The summed E-state index contributed by atoms with van der Waals surface area (Å²) >= 11 is 0. The molecule has 0 aliphatic carbocycles. The summed E-state index contributed by atoms with van der Waals surface area (Å²) in [5.74, 6) is 0.785. The summed E-state index contributed by atoms with van der Waals surface area (Å²) in [5, 5.41) is 4.36. The minimum atomic E-state index is -3.50. The third kappa shape index (κ3) is 3.73. The highest BCUT2D eigenvalue weighted by Gasteiger charge is 2.27. The lowest BCUT2D eigenvalue weighted by molar-refractivity contribution is 0.289. The summed E-state index contributed by atoms with van der Waals surface area (Å²) in [5.41, 5.74) is 1.15. The van der Waals surface area contributed by atoms with Crippen molar-refractivity contribution >= 4 is 10.0 Å². The predicted octanol–water partition coefficient (Wildman–Crippen LogP) is 2.22. The minimum absolute atomic E-state index is 0.293. The Bertz CT molecular complexity index is 754. The van der Waals surface area contributed by atoms with Crippen LogP contribution in [0.25, 0.3) is 0 Å². The van der Waals surface area contributed by atoms with Crippen LogP contribution in [0.3, 0.4) is 0 Å². The summed E-state index contributed by atoms with van der Waals surface area (Å²) in [7, 11) is -1.92. The molecule has 2 aromatic rings. The standard InChI is InChI=1S/C16H23N3O3S/c1-5-18(4)23(20,21)16-13(2)17-19(14(16)3)11-12-22-15-9-7-6-8-10-15/h6-10H,5,11-12H2,1-4H3. The maximum atomic E-state index is 12.6. The number of aromatic nitrogens is 2. The van der Waals surface area contributed by atoms with Crippen LogP contribution in [0, 0.1) is 13.8 Å². The van der Waals surface area contributed by atoms with E-state index in [4.69, 9.17) is 4.74 Å². The van der Waals surface area contributed by atoms with E-state index in [9.17, 15) is 8.42 Å². The van der Waals surface area contributed by atoms with Crippen LogP contribution in [0.4, 0.5) is 0 Å². The van der Waals surface area contributed by atoms with Gasteiger partial charge in [0.15, 0.2) is 0 Å². The minimum Gasteiger partial charge on any atom is -0.492 e. The number of ether oxygens (including phenoxy) is 1. The molecule has 0 atom stereocenters. The molecule has 0 bridgehead atoms. The third-order valence-electron chi connectivity index (χ3n) is 3.74. The Labute approximate surface area is 137 Å². The van der Waals surface area contributed by atoms with Crippen molar-refractivity contribution in [1.29, 1.82) is 0 Å². The maximum Gasteiger partial charge on any atom is 0.246 e. The first-order chi connectivity index (χ1) is 10.9. The van der Waals surface area contributed by atoms with Gasteiger partial charge in [0, 0.05) is 13.6 Å². The Morgan fingerprint density at radius 2 is 1.87 bits per heavy atom. The van der Waals surface area contributed by atoms with E-state index < -0.39 is 10.0 Å². The Kier molecular flexibility index (Phi) is 5.43. The van der Waals surface area contributed by atoms with E-state index in [2.05, 4.69) is 5.10 Å². The fraction of sp³-hybridized carbons (Fsp3) is 0.438. The van der Waals surface area contributed by atoms with E-state index in [0.717, 1.165) is 5.75 Å². The summed E-state index contributed by atoms with van der Waals surface area (Å²) < 4.78 is 33.8. The number of benzene rings is 1. The van der Waals surface area contributed by atoms with Crippen molar-refractivity contribution < 1.29 is 13.2 Å². The molecule has 0 fully saturated rings. The largest absolute Gasteiger partial charge is 0.492 e. The molecule has 1 heterocycles. The molecule has 0 saturated heterocycles. The lowest BCUT2D eigenvalue weighted by atomic mass is 10.3. The Morgan fingerprint density at radius 1 is 1.22 bits per heavy atom. The van der Waals surface area contributed by atoms with Crippen LogP contribution in [-0.2, 0) is 16.6 Å². The van der Waals surface area contributed by atoms with Gasteiger partial charge in [0.2, 0.25) is 10.0 Å². The molecule has 0 amide bonds. The van der Waals surface area contributed by atoms with Gasteiger partial charge >= 0.3 is 0 Å². The van der Waals surface area contributed by atoms with Gasteiger partial charge in [-0.1, -0.05) is 25.1 Å². The normalized spacial score (nSPS) is 11.9. The Hall–Kier alpha value is -1.86. The van der Waals surface area contributed by atoms with Crippen LogP contribution >= 0.6 is 0 Å². The first-order valence-corrected chi connectivity index (χ1v) is 9.00. The average molecular weight is 337 g/mol. The molecule has 126 valence electrons. The van der Waals surface area contributed by atoms with Crippen molar-refractivity contribution in [3.8, 4) is 5.75 Å². The van der Waals surface area contributed by atoms with Gasteiger partial charge in [-0.2, -0.15) is 5.10 Å². The van der Waals surface area contributed by atoms with Crippen molar-refractivity contribution in [2.24, 2.45) is 0 Å². The Morgan fingerprint density at radius 3 is 2.48 bits per heavy atom. The van der Waals surface area contributed by atoms with Crippen molar-refractivity contribution in [3.05, 3.63) is 41.7 Å². The van der Waals surface area contributed by atoms with Crippen LogP contribution < -0.4 is 4.74 Å². The van der Waals surface area contributed by atoms with E-state index in [1.807, 2.05) is 30.3 Å². The van der Waals surface area contributed by atoms with E-state index in [1.165, 1.54) is 4.31 Å². The van der Waals surface area contributed by atoms with Gasteiger partial charge in [-0.3, -0.25) is 4.68 Å². The molecule has 1 aromatic heterocycles. The topological polar surface area (TPSA) is 64.4 Å². The molecule has 23 heavy (non-hydrogen) atoms. The van der Waals surface area contributed by atoms with Gasteiger partial charge in [0.25, 0.3) is 0 Å². The summed E-state index contributed by atoms with van der Waals surface area (Å²) in [6.45, 7) is 6.64. The van der Waals surface area contributed by atoms with Crippen LogP contribution in [0.1, 0.15) is 18.3 Å². The van der Waals surface area contributed by atoms with Gasteiger partial charge in [-0.05, 0) is 26.0 Å². The van der Waals surface area contributed by atoms with Crippen molar-refractivity contribution in [3.63, 3.8) is 0 Å². The van der Waals surface area contributed by atoms with E-state index in [0.29, 0.717) is 36.0 Å². The molecule has 0 unspecified atom stereocenters. The zero-order valence-electron chi connectivity index (χ0n) is 14.0. The molecule has 0 radical (unpaired) electrons. The van der Waals surface area contributed by atoms with Crippen molar-refractivity contribution in [2.45, 2.75) is 32.2 Å². The van der Waals surface area contributed by atoms with Gasteiger partial charge in [-0.25, -0.2) is 12.7 Å². The molecule has 6 nitrogen and oxygen atoms in total. The predicted molar refractivity (Wildman–Crippen MR) is 89.1 cm³/mol. The van der Waals surface area contributed by atoms with Gasteiger partial charge in [0.05, 0.1) is 17.9 Å². The van der Waals surface area contributed by atoms with E-state index in [1.54, 1.807) is 32.5 Å². The first kappa shape index (κ1) is 17.5. The summed E-state index contributed by atoms with van der Waals surface area (Å²) in [6.07, 6.45) is 0. The van der Waals surface area contributed by atoms with Gasteiger partial charge in [-0.15, -0.1) is 0 Å². The molecule has 2 rings (SSSR count). The van der Waals surface area contributed by atoms with E-state index >= 15 is 0 Å². The number of hydrogen-bond acceptors (Lipinski definition) is 4. The highest BCUT2D eigenvalue weighted by Crippen LogP contribution is 2.22. The van der Waals surface area contributed by atoms with Crippen LogP contribution in [0.15, 0.2) is 35.2 Å². The molecule has 0 aliphatic rings. The highest BCUT2D eigenvalue weighted by molar-refractivity contribution is 7.89. The number of aryl methyl sites for hydroxylation is 1. The highest BCUT2D eigenvalue weighted by atomic mass is 32.2. The van der Waals surface area contributed by atoms with Crippen LogP contribution in [0.5, 0.6) is 5.75 Å². The van der Waals surface area contributed by atoms with E-state index in [-0.39, 0.29) is 0 Å². The molecule has 7 heteroatoms.